The van der Waals surface area contributed by atoms with Crippen molar-refractivity contribution in [3.63, 3.8) is 0 Å². The fourth-order valence-corrected chi connectivity index (χ4v) is 1.40. The van der Waals surface area contributed by atoms with Crippen molar-refractivity contribution >= 4 is 31.8 Å². The number of halogens is 1. The Labute approximate surface area is 86.3 Å². The molecule has 0 bridgehead atoms. The minimum Gasteiger partial charge on any atom is -0.223 e. The van der Waals surface area contributed by atoms with Gasteiger partial charge in [-0.2, -0.15) is 0 Å². The molecule has 0 spiro atoms. The quantitative estimate of drug-likeness (QED) is 0.819. The van der Waals surface area contributed by atoms with E-state index in [9.17, 15) is 8.42 Å². The first-order valence-electron chi connectivity index (χ1n) is 3.62. The second-order valence-corrected chi connectivity index (χ2v) is 5.99. The molecule has 0 unspecified atom stereocenters. The smallest absolute Gasteiger partial charge is 0.182 e. The van der Waals surface area contributed by atoms with E-state index in [-0.39, 0.29) is 3.81 Å². The molecule has 0 saturated heterocycles. The molecule has 0 atom stereocenters. The van der Waals surface area contributed by atoms with E-state index in [1.54, 1.807) is 6.08 Å². The van der Waals surface area contributed by atoms with Crippen LogP contribution in [0.25, 0.3) is 6.08 Å². The highest BCUT2D eigenvalue weighted by Crippen LogP contribution is 2.17. The van der Waals surface area contributed by atoms with Gasteiger partial charge in [-0.3, -0.25) is 0 Å². The van der Waals surface area contributed by atoms with E-state index in [0.29, 0.717) is 0 Å². The van der Waals surface area contributed by atoms with Crippen molar-refractivity contribution < 1.29 is 8.42 Å². The zero-order valence-corrected chi connectivity index (χ0v) is 9.47. The van der Waals surface area contributed by atoms with Gasteiger partial charge in [0.05, 0.1) is 0 Å². The number of hydrogen-bond donors (Lipinski definition) is 0. The molecule has 1 aromatic rings. The van der Waals surface area contributed by atoms with Gasteiger partial charge in [-0.25, -0.2) is 8.42 Å². The van der Waals surface area contributed by atoms with Gasteiger partial charge in [-0.1, -0.05) is 30.3 Å². The van der Waals surface area contributed by atoms with Gasteiger partial charge in [0.1, 0.15) is 3.81 Å². The predicted octanol–water partition coefficient (Wildman–Crippen LogP) is 2.42. The first-order chi connectivity index (χ1) is 6.00. The molecular weight excluding hydrogens is 252 g/mol. The molecule has 4 heteroatoms. The van der Waals surface area contributed by atoms with Crippen LogP contribution in [0.2, 0.25) is 0 Å². The number of rotatable bonds is 2. The van der Waals surface area contributed by atoms with Crippen LogP contribution in [0.5, 0.6) is 0 Å². The molecule has 2 nitrogen and oxygen atoms in total. The van der Waals surface area contributed by atoms with Crippen molar-refractivity contribution in [1.29, 1.82) is 0 Å². The Balaban J connectivity index is 3.04. The summed E-state index contributed by atoms with van der Waals surface area (Å²) >= 11 is 3.01. The predicted molar refractivity (Wildman–Crippen MR) is 58.2 cm³/mol. The highest BCUT2D eigenvalue weighted by molar-refractivity contribution is 9.13. The Hall–Kier alpha value is -0.610. The average molecular weight is 261 g/mol. The standard InChI is InChI=1S/C9H9BrO2S/c1-13(11,12)9(10)7-8-5-3-2-4-6-8/h2-7H,1H3/b9-7+. The van der Waals surface area contributed by atoms with Crippen molar-refractivity contribution in [2.75, 3.05) is 6.26 Å². The van der Waals surface area contributed by atoms with Crippen molar-refractivity contribution in [2.45, 2.75) is 0 Å². The zero-order chi connectivity index (χ0) is 9.90. The maximum absolute atomic E-state index is 11.0. The summed E-state index contributed by atoms with van der Waals surface area (Å²) in [6.45, 7) is 0. The van der Waals surface area contributed by atoms with Crippen LogP contribution in [0, 0.1) is 0 Å². The fraction of sp³-hybridized carbons (Fsp3) is 0.111. The molecule has 0 aliphatic rings. The molecule has 0 aliphatic heterocycles. The molecule has 0 aliphatic carbocycles. The Bertz CT molecular complexity index is 407. The highest BCUT2D eigenvalue weighted by atomic mass is 79.9. The molecule has 0 saturated carbocycles. The summed E-state index contributed by atoms with van der Waals surface area (Å²) in [6.07, 6.45) is 2.74. The monoisotopic (exact) mass is 260 g/mol. The summed E-state index contributed by atoms with van der Waals surface area (Å²) in [4.78, 5) is 0. The second-order valence-electron chi connectivity index (χ2n) is 2.63. The van der Waals surface area contributed by atoms with Gasteiger partial charge in [0.25, 0.3) is 0 Å². The summed E-state index contributed by atoms with van der Waals surface area (Å²) in [5.41, 5.74) is 0.861. The largest absolute Gasteiger partial charge is 0.223 e. The third-order valence-electron chi connectivity index (χ3n) is 1.43. The average Bonchev–Trinajstić information content (AvgIpc) is 2.04. The van der Waals surface area contributed by atoms with Crippen LogP contribution in [-0.4, -0.2) is 14.7 Å². The van der Waals surface area contributed by atoms with Gasteiger partial charge >= 0.3 is 0 Å². The zero-order valence-electron chi connectivity index (χ0n) is 7.07. The Morgan fingerprint density at radius 1 is 1.31 bits per heavy atom. The van der Waals surface area contributed by atoms with E-state index < -0.39 is 9.84 Å². The summed E-state index contributed by atoms with van der Waals surface area (Å²) in [6, 6.07) is 9.27. The van der Waals surface area contributed by atoms with E-state index in [1.165, 1.54) is 0 Å². The Morgan fingerprint density at radius 2 is 1.85 bits per heavy atom. The normalized spacial score (nSPS) is 12.9. The lowest BCUT2D eigenvalue weighted by Crippen LogP contribution is -1.93. The molecule has 0 radical (unpaired) electrons. The van der Waals surface area contributed by atoms with Gasteiger partial charge in [0.2, 0.25) is 0 Å². The fourth-order valence-electron chi connectivity index (χ4n) is 0.787. The van der Waals surface area contributed by atoms with Gasteiger partial charge in [0, 0.05) is 6.26 Å². The minimum atomic E-state index is -3.12. The van der Waals surface area contributed by atoms with Crippen molar-refractivity contribution in [3.05, 3.63) is 39.7 Å². The molecule has 1 rings (SSSR count). The molecule has 0 N–H and O–H groups in total. The maximum atomic E-state index is 11.0. The van der Waals surface area contributed by atoms with E-state index in [4.69, 9.17) is 0 Å². The van der Waals surface area contributed by atoms with Gasteiger partial charge in [0.15, 0.2) is 9.84 Å². The van der Waals surface area contributed by atoms with Crippen LogP contribution in [0.15, 0.2) is 34.1 Å². The van der Waals surface area contributed by atoms with Gasteiger partial charge < -0.3 is 0 Å². The Morgan fingerprint density at radius 3 is 2.31 bits per heavy atom. The van der Waals surface area contributed by atoms with Crippen molar-refractivity contribution in [1.82, 2.24) is 0 Å². The molecule has 0 aromatic heterocycles. The van der Waals surface area contributed by atoms with E-state index in [0.717, 1.165) is 11.8 Å². The topological polar surface area (TPSA) is 34.1 Å². The summed E-state index contributed by atoms with van der Waals surface area (Å²) in [7, 11) is -3.12. The highest BCUT2D eigenvalue weighted by Gasteiger charge is 2.06. The van der Waals surface area contributed by atoms with Crippen LogP contribution in [0.1, 0.15) is 5.56 Å². The first-order valence-corrected chi connectivity index (χ1v) is 6.31. The van der Waals surface area contributed by atoms with E-state index in [2.05, 4.69) is 15.9 Å². The van der Waals surface area contributed by atoms with Crippen LogP contribution < -0.4 is 0 Å². The number of hydrogen-bond acceptors (Lipinski definition) is 2. The molecule has 70 valence electrons. The first kappa shape index (κ1) is 10.5. The lowest BCUT2D eigenvalue weighted by Gasteiger charge is -1.95. The molecule has 0 heterocycles. The molecule has 1 aromatic carbocycles. The van der Waals surface area contributed by atoms with Crippen molar-refractivity contribution in [3.8, 4) is 0 Å². The number of benzene rings is 1. The van der Waals surface area contributed by atoms with Crippen LogP contribution in [0.3, 0.4) is 0 Å². The van der Waals surface area contributed by atoms with Crippen LogP contribution >= 0.6 is 15.9 Å². The molecule has 13 heavy (non-hydrogen) atoms. The Kier molecular flexibility index (Phi) is 3.27. The lowest BCUT2D eigenvalue weighted by atomic mass is 10.2. The second kappa shape index (κ2) is 4.07. The van der Waals surface area contributed by atoms with Crippen LogP contribution in [-0.2, 0) is 9.84 Å². The summed E-state index contributed by atoms with van der Waals surface area (Å²) in [5.74, 6) is 0. The SMILES string of the molecule is CS(=O)(=O)/C(Br)=C/c1ccccc1. The molecule has 0 fully saturated rings. The van der Waals surface area contributed by atoms with Crippen LogP contribution in [0.4, 0.5) is 0 Å². The van der Waals surface area contributed by atoms with Gasteiger partial charge in [-0.15, -0.1) is 0 Å². The molecular formula is C9H9BrO2S. The summed E-state index contributed by atoms with van der Waals surface area (Å²) < 4.78 is 22.2. The van der Waals surface area contributed by atoms with E-state index >= 15 is 0 Å². The lowest BCUT2D eigenvalue weighted by molar-refractivity contribution is 0.610. The molecule has 0 amide bonds. The van der Waals surface area contributed by atoms with Crippen molar-refractivity contribution in [2.24, 2.45) is 0 Å². The van der Waals surface area contributed by atoms with E-state index in [1.807, 2.05) is 30.3 Å². The third-order valence-corrected chi connectivity index (χ3v) is 4.25. The number of sulfone groups is 1. The third kappa shape index (κ3) is 3.32. The van der Waals surface area contributed by atoms with Gasteiger partial charge in [-0.05, 0) is 27.6 Å². The minimum absolute atomic E-state index is 0.200. The maximum Gasteiger partial charge on any atom is 0.182 e. The summed E-state index contributed by atoms with van der Waals surface area (Å²) in [5, 5.41) is 0.